The Morgan fingerprint density at radius 2 is 1.96 bits per heavy atom. The average molecular weight is 328 g/mol. The van der Waals surface area contributed by atoms with Crippen molar-refractivity contribution >= 4 is 11.8 Å². The maximum atomic E-state index is 12.8. The lowest BCUT2D eigenvalue weighted by Crippen LogP contribution is -2.47. The molecule has 1 fully saturated rings. The molecule has 1 heterocycles. The van der Waals surface area contributed by atoms with Crippen LogP contribution in [-0.2, 0) is 16.0 Å². The molecule has 0 spiro atoms. The number of aryl methyl sites for hydroxylation is 1. The molecule has 3 rings (SSSR count). The second-order valence-corrected chi connectivity index (χ2v) is 7.43. The van der Waals surface area contributed by atoms with Gasteiger partial charge in [0.25, 0.3) is 0 Å². The highest BCUT2D eigenvalue weighted by molar-refractivity contribution is 5.82. The van der Waals surface area contributed by atoms with Gasteiger partial charge >= 0.3 is 0 Å². The van der Waals surface area contributed by atoms with Crippen LogP contribution in [0.15, 0.2) is 24.3 Å². The van der Waals surface area contributed by atoms with Gasteiger partial charge < -0.3 is 10.2 Å². The van der Waals surface area contributed by atoms with Crippen molar-refractivity contribution in [1.82, 2.24) is 10.2 Å². The molecule has 0 radical (unpaired) electrons. The lowest BCUT2D eigenvalue weighted by molar-refractivity contribution is -0.138. The fraction of sp³-hybridized carbons (Fsp3) is 0.600. The third kappa shape index (κ3) is 3.63. The van der Waals surface area contributed by atoms with E-state index in [0.29, 0.717) is 6.54 Å². The third-order valence-corrected chi connectivity index (χ3v) is 5.28. The van der Waals surface area contributed by atoms with Crippen molar-refractivity contribution in [2.75, 3.05) is 13.1 Å². The number of benzene rings is 1. The summed E-state index contributed by atoms with van der Waals surface area (Å²) in [6, 6.07) is 8.54. The number of nitrogens with one attached hydrogen (secondary N) is 1. The van der Waals surface area contributed by atoms with Gasteiger partial charge in [0.2, 0.25) is 11.8 Å². The zero-order chi connectivity index (χ0) is 17.1. The lowest BCUT2D eigenvalue weighted by Gasteiger charge is -2.34. The predicted molar refractivity (Wildman–Crippen MR) is 94.4 cm³/mol. The second kappa shape index (κ2) is 7.37. The molecule has 1 N–H and O–H groups in total. The first kappa shape index (κ1) is 17.0. The number of fused-ring (bicyclic) bond motifs is 1. The monoisotopic (exact) mass is 328 g/mol. The molecule has 1 aromatic carbocycles. The van der Waals surface area contributed by atoms with Gasteiger partial charge in [-0.2, -0.15) is 0 Å². The molecule has 1 saturated heterocycles. The van der Waals surface area contributed by atoms with Gasteiger partial charge in [-0.25, -0.2) is 0 Å². The number of hydrogen-bond acceptors (Lipinski definition) is 2. The van der Waals surface area contributed by atoms with Gasteiger partial charge in [-0.1, -0.05) is 38.1 Å². The highest BCUT2D eigenvalue weighted by atomic mass is 16.2. The third-order valence-electron chi connectivity index (χ3n) is 5.28. The van der Waals surface area contributed by atoms with Crippen molar-refractivity contribution in [1.29, 1.82) is 0 Å². The van der Waals surface area contributed by atoms with Crippen LogP contribution < -0.4 is 5.32 Å². The molecule has 2 atom stereocenters. The standard InChI is InChI=1S/C20H28N2O2/c1-14(2)20(24)22-12-6-9-16(13-22)19(23)21-18-11-5-8-15-7-3-4-10-17(15)18/h3-4,7,10,14,16,18H,5-6,8-9,11-13H2,1-2H3,(H,21,23). The fourth-order valence-electron chi connectivity index (χ4n) is 3.95. The van der Waals surface area contributed by atoms with E-state index < -0.39 is 0 Å². The Kier molecular flexibility index (Phi) is 5.22. The van der Waals surface area contributed by atoms with E-state index in [4.69, 9.17) is 0 Å². The smallest absolute Gasteiger partial charge is 0.225 e. The van der Waals surface area contributed by atoms with Crippen molar-refractivity contribution in [2.45, 2.75) is 52.0 Å². The number of hydrogen-bond donors (Lipinski definition) is 1. The van der Waals surface area contributed by atoms with Gasteiger partial charge in [0, 0.05) is 19.0 Å². The fourth-order valence-corrected chi connectivity index (χ4v) is 3.95. The topological polar surface area (TPSA) is 49.4 Å². The number of rotatable bonds is 3. The second-order valence-electron chi connectivity index (χ2n) is 7.43. The summed E-state index contributed by atoms with van der Waals surface area (Å²) < 4.78 is 0. The van der Waals surface area contributed by atoms with E-state index >= 15 is 0 Å². The Bertz CT molecular complexity index is 611. The molecule has 2 amide bonds. The summed E-state index contributed by atoms with van der Waals surface area (Å²) in [6.07, 6.45) is 5.01. The summed E-state index contributed by atoms with van der Waals surface area (Å²) in [4.78, 5) is 26.8. The average Bonchev–Trinajstić information content (AvgIpc) is 2.61. The van der Waals surface area contributed by atoms with Crippen LogP contribution in [-0.4, -0.2) is 29.8 Å². The zero-order valence-corrected chi connectivity index (χ0v) is 14.8. The Morgan fingerprint density at radius 1 is 1.17 bits per heavy atom. The molecular formula is C20H28N2O2. The van der Waals surface area contributed by atoms with E-state index in [0.717, 1.165) is 38.6 Å². The van der Waals surface area contributed by atoms with Crippen LogP contribution in [0.4, 0.5) is 0 Å². The van der Waals surface area contributed by atoms with Crippen LogP contribution in [0.3, 0.4) is 0 Å². The number of likely N-dealkylation sites (tertiary alicyclic amines) is 1. The highest BCUT2D eigenvalue weighted by Gasteiger charge is 2.31. The van der Waals surface area contributed by atoms with Crippen LogP contribution in [0.2, 0.25) is 0 Å². The number of amides is 2. The van der Waals surface area contributed by atoms with E-state index in [2.05, 4.69) is 23.5 Å². The molecule has 24 heavy (non-hydrogen) atoms. The maximum absolute atomic E-state index is 12.8. The van der Waals surface area contributed by atoms with Gasteiger partial charge in [0.05, 0.1) is 12.0 Å². The number of nitrogens with zero attached hydrogens (tertiary/aromatic N) is 1. The lowest BCUT2D eigenvalue weighted by atomic mass is 9.87. The predicted octanol–water partition coefficient (Wildman–Crippen LogP) is 3.07. The van der Waals surface area contributed by atoms with Gasteiger partial charge in [-0.15, -0.1) is 0 Å². The van der Waals surface area contributed by atoms with Crippen LogP contribution in [0.5, 0.6) is 0 Å². The molecule has 2 unspecified atom stereocenters. The van der Waals surface area contributed by atoms with E-state index in [1.807, 2.05) is 24.8 Å². The van der Waals surface area contributed by atoms with Crippen LogP contribution in [0.1, 0.15) is 56.7 Å². The molecule has 1 aliphatic carbocycles. The summed E-state index contributed by atoms with van der Waals surface area (Å²) in [7, 11) is 0. The van der Waals surface area contributed by atoms with E-state index in [1.54, 1.807) is 0 Å². The minimum Gasteiger partial charge on any atom is -0.349 e. The summed E-state index contributed by atoms with van der Waals surface area (Å²) in [5, 5.41) is 3.26. The first-order valence-electron chi connectivity index (χ1n) is 9.23. The molecule has 4 heteroatoms. The number of carbonyl (C=O) groups excluding carboxylic acids is 2. The highest BCUT2D eigenvalue weighted by Crippen LogP contribution is 2.30. The minimum absolute atomic E-state index is 0.00275. The number of piperidine rings is 1. The Morgan fingerprint density at radius 3 is 2.75 bits per heavy atom. The van der Waals surface area contributed by atoms with Crippen LogP contribution in [0.25, 0.3) is 0 Å². The van der Waals surface area contributed by atoms with Crippen molar-refractivity contribution in [2.24, 2.45) is 11.8 Å². The van der Waals surface area contributed by atoms with Gasteiger partial charge in [0.15, 0.2) is 0 Å². The van der Waals surface area contributed by atoms with Gasteiger partial charge in [0.1, 0.15) is 0 Å². The van der Waals surface area contributed by atoms with E-state index in [1.165, 1.54) is 11.1 Å². The molecule has 0 aromatic heterocycles. The molecule has 1 aromatic rings. The molecule has 0 bridgehead atoms. The summed E-state index contributed by atoms with van der Waals surface area (Å²) in [6.45, 7) is 5.19. The van der Waals surface area contributed by atoms with Crippen molar-refractivity contribution in [3.8, 4) is 0 Å². The summed E-state index contributed by atoms with van der Waals surface area (Å²) in [5.74, 6) is 0.195. The molecule has 4 nitrogen and oxygen atoms in total. The largest absolute Gasteiger partial charge is 0.349 e. The first-order valence-corrected chi connectivity index (χ1v) is 9.23. The molecule has 1 aliphatic heterocycles. The van der Waals surface area contributed by atoms with Crippen molar-refractivity contribution < 1.29 is 9.59 Å². The Labute approximate surface area is 144 Å². The molecular weight excluding hydrogens is 300 g/mol. The molecule has 130 valence electrons. The summed E-state index contributed by atoms with van der Waals surface area (Å²) >= 11 is 0. The molecule has 2 aliphatic rings. The number of carbonyl (C=O) groups is 2. The van der Waals surface area contributed by atoms with Gasteiger partial charge in [-0.05, 0) is 43.2 Å². The van der Waals surface area contributed by atoms with Gasteiger partial charge in [-0.3, -0.25) is 9.59 Å². The maximum Gasteiger partial charge on any atom is 0.225 e. The minimum atomic E-state index is -0.0736. The summed E-state index contributed by atoms with van der Waals surface area (Å²) in [5.41, 5.74) is 2.62. The van der Waals surface area contributed by atoms with Crippen molar-refractivity contribution in [3.63, 3.8) is 0 Å². The SMILES string of the molecule is CC(C)C(=O)N1CCCC(C(=O)NC2CCCc3ccccc32)C1. The zero-order valence-electron chi connectivity index (χ0n) is 14.8. The quantitative estimate of drug-likeness (QED) is 0.927. The Balaban J connectivity index is 1.64. The first-order chi connectivity index (χ1) is 11.6. The van der Waals surface area contributed by atoms with Crippen molar-refractivity contribution in [3.05, 3.63) is 35.4 Å². The van der Waals surface area contributed by atoms with Crippen LogP contribution >= 0.6 is 0 Å². The van der Waals surface area contributed by atoms with E-state index in [9.17, 15) is 9.59 Å². The normalized spacial score (nSPS) is 23.7. The van der Waals surface area contributed by atoms with E-state index in [-0.39, 0.29) is 29.7 Å². The molecule has 0 saturated carbocycles. The van der Waals surface area contributed by atoms with Crippen LogP contribution in [0, 0.1) is 11.8 Å². The Hall–Kier alpha value is -1.84.